The third-order valence-corrected chi connectivity index (χ3v) is 3.56. The summed E-state index contributed by atoms with van der Waals surface area (Å²) in [5.41, 5.74) is 1.52. The highest BCUT2D eigenvalue weighted by Gasteiger charge is 2.19. The number of aryl methyl sites for hydroxylation is 1. The predicted octanol–water partition coefficient (Wildman–Crippen LogP) is 2.29. The number of benzene rings is 1. The van der Waals surface area contributed by atoms with Crippen molar-refractivity contribution in [2.24, 2.45) is 5.92 Å². The summed E-state index contributed by atoms with van der Waals surface area (Å²) in [6.07, 6.45) is 0. The van der Waals surface area contributed by atoms with Gasteiger partial charge in [-0.05, 0) is 25.0 Å². The second-order valence-electron chi connectivity index (χ2n) is 5.60. The lowest BCUT2D eigenvalue weighted by Crippen LogP contribution is -2.39. The van der Waals surface area contributed by atoms with E-state index in [1.807, 2.05) is 30.3 Å². The van der Waals surface area contributed by atoms with Gasteiger partial charge in [0.05, 0.1) is 0 Å². The van der Waals surface area contributed by atoms with Gasteiger partial charge in [-0.15, -0.1) is 0 Å². The SMILES string of the molecule is Cc1n[nH]c(C(=O)NCC(Nc2ccccc2)C(C)C)c1O. The van der Waals surface area contributed by atoms with Gasteiger partial charge in [-0.3, -0.25) is 9.89 Å². The average molecular weight is 302 g/mol. The van der Waals surface area contributed by atoms with Crippen LogP contribution in [0.2, 0.25) is 0 Å². The van der Waals surface area contributed by atoms with E-state index in [0.29, 0.717) is 18.2 Å². The molecule has 4 N–H and O–H groups in total. The van der Waals surface area contributed by atoms with E-state index in [1.54, 1.807) is 6.92 Å². The van der Waals surface area contributed by atoms with Crippen LogP contribution in [0.15, 0.2) is 30.3 Å². The minimum absolute atomic E-state index is 0.0810. The molecule has 2 aromatic rings. The highest BCUT2D eigenvalue weighted by Crippen LogP contribution is 2.18. The van der Waals surface area contributed by atoms with E-state index in [4.69, 9.17) is 0 Å². The van der Waals surface area contributed by atoms with E-state index in [2.05, 4.69) is 34.7 Å². The number of nitrogens with zero attached hydrogens (tertiary/aromatic N) is 1. The number of carbonyl (C=O) groups is 1. The van der Waals surface area contributed by atoms with E-state index < -0.39 is 0 Å². The molecule has 0 bridgehead atoms. The van der Waals surface area contributed by atoms with Crippen LogP contribution in [0.5, 0.6) is 5.75 Å². The normalized spacial score (nSPS) is 12.2. The Morgan fingerprint density at radius 3 is 2.55 bits per heavy atom. The molecular formula is C16H22N4O2. The predicted molar refractivity (Wildman–Crippen MR) is 86.0 cm³/mol. The monoisotopic (exact) mass is 302 g/mol. The largest absolute Gasteiger partial charge is 0.504 e. The minimum atomic E-state index is -0.362. The van der Waals surface area contributed by atoms with E-state index in [-0.39, 0.29) is 23.4 Å². The second-order valence-corrected chi connectivity index (χ2v) is 5.60. The maximum absolute atomic E-state index is 12.1. The zero-order valence-electron chi connectivity index (χ0n) is 13.1. The number of hydrogen-bond acceptors (Lipinski definition) is 4. The van der Waals surface area contributed by atoms with Crippen molar-refractivity contribution < 1.29 is 9.90 Å². The molecule has 6 heteroatoms. The maximum atomic E-state index is 12.1. The van der Waals surface area contributed by atoms with Crippen LogP contribution < -0.4 is 10.6 Å². The van der Waals surface area contributed by atoms with Crippen LogP contribution in [0.1, 0.15) is 30.0 Å². The molecule has 0 radical (unpaired) electrons. The van der Waals surface area contributed by atoms with Crippen molar-refractivity contribution in [2.45, 2.75) is 26.8 Å². The zero-order chi connectivity index (χ0) is 16.1. The molecule has 1 heterocycles. The van der Waals surface area contributed by atoms with E-state index in [1.165, 1.54) is 0 Å². The molecular weight excluding hydrogens is 280 g/mol. The van der Waals surface area contributed by atoms with Crippen molar-refractivity contribution >= 4 is 11.6 Å². The summed E-state index contributed by atoms with van der Waals surface area (Å²) in [6.45, 7) is 6.26. The van der Waals surface area contributed by atoms with Crippen LogP contribution in [-0.2, 0) is 0 Å². The molecule has 1 unspecified atom stereocenters. The molecule has 0 spiro atoms. The average Bonchev–Trinajstić information content (AvgIpc) is 2.84. The van der Waals surface area contributed by atoms with Gasteiger partial charge in [-0.2, -0.15) is 5.10 Å². The highest BCUT2D eigenvalue weighted by atomic mass is 16.3. The van der Waals surface area contributed by atoms with Gasteiger partial charge in [-0.1, -0.05) is 32.0 Å². The van der Waals surface area contributed by atoms with Crippen LogP contribution >= 0.6 is 0 Å². The van der Waals surface area contributed by atoms with Crippen molar-refractivity contribution in [1.29, 1.82) is 0 Å². The Morgan fingerprint density at radius 2 is 2.00 bits per heavy atom. The number of aromatic nitrogens is 2. The fourth-order valence-corrected chi connectivity index (χ4v) is 2.08. The topological polar surface area (TPSA) is 90.0 Å². The Balaban J connectivity index is 1.97. The third kappa shape index (κ3) is 3.78. The number of H-pyrrole nitrogens is 1. The van der Waals surface area contributed by atoms with Gasteiger partial charge in [0.1, 0.15) is 5.69 Å². The molecule has 1 amide bonds. The van der Waals surface area contributed by atoms with Gasteiger partial charge < -0.3 is 15.7 Å². The lowest BCUT2D eigenvalue weighted by molar-refractivity contribution is 0.0942. The highest BCUT2D eigenvalue weighted by molar-refractivity contribution is 5.95. The third-order valence-electron chi connectivity index (χ3n) is 3.56. The molecule has 0 aliphatic carbocycles. The van der Waals surface area contributed by atoms with Crippen LogP contribution in [0.25, 0.3) is 0 Å². The number of aromatic amines is 1. The summed E-state index contributed by atoms with van der Waals surface area (Å²) >= 11 is 0. The van der Waals surface area contributed by atoms with Gasteiger partial charge in [-0.25, -0.2) is 0 Å². The van der Waals surface area contributed by atoms with Crippen LogP contribution in [-0.4, -0.2) is 33.8 Å². The number of rotatable bonds is 6. The Hall–Kier alpha value is -2.50. The Morgan fingerprint density at radius 1 is 1.32 bits per heavy atom. The van der Waals surface area contributed by atoms with Crippen molar-refractivity contribution in [3.63, 3.8) is 0 Å². The fourth-order valence-electron chi connectivity index (χ4n) is 2.08. The van der Waals surface area contributed by atoms with E-state index >= 15 is 0 Å². The molecule has 22 heavy (non-hydrogen) atoms. The van der Waals surface area contributed by atoms with Crippen molar-refractivity contribution in [2.75, 3.05) is 11.9 Å². The molecule has 1 atom stereocenters. The molecule has 0 saturated heterocycles. The Bertz CT molecular complexity index is 622. The fraction of sp³-hybridized carbons (Fsp3) is 0.375. The number of aromatic hydroxyl groups is 1. The van der Waals surface area contributed by atoms with Gasteiger partial charge in [0.2, 0.25) is 0 Å². The quantitative estimate of drug-likeness (QED) is 0.659. The first-order valence-corrected chi connectivity index (χ1v) is 7.32. The number of hydrogen-bond donors (Lipinski definition) is 4. The molecule has 6 nitrogen and oxygen atoms in total. The molecule has 0 aliphatic rings. The molecule has 0 saturated carbocycles. The van der Waals surface area contributed by atoms with Gasteiger partial charge in [0.25, 0.3) is 5.91 Å². The maximum Gasteiger partial charge on any atom is 0.273 e. The molecule has 0 aliphatic heterocycles. The number of para-hydroxylation sites is 1. The Kier molecular flexibility index (Phi) is 5.04. The van der Waals surface area contributed by atoms with Crippen molar-refractivity contribution in [3.8, 4) is 5.75 Å². The first-order chi connectivity index (χ1) is 10.5. The van der Waals surface area contributed by atoms with Gasteiger partial charge in [0.15, 0.2) is 11.4 Å². The van der Waals surface area contributed by atoms with E-state index in [0.717, 1.165) is 5.69 Å². The lowest BCUT2D eigenvalue weighted by Gasteiger charge is -2.23. The molecule has 1 aromatic carbocycles. The lowest BCUT2D eigenvalue weighted by atomic mass is 10.0. The molecule has 0 fully saturated rings. The van der Waals surface area contributed by atoms with Crippen molar-refractivity contribution in [3.05, 3.63) is 41.7 Å². The standard InChI is InChI=1S/C16H22N4O2/c1-10(2)13(18-12-7-5-4-6-8-12)9-17-16(22)14-15(21)11(3)19-20-14/h4-8,10,13,18,21H,9H2,1-3H3,(H,17,22)(H,19,20). The summed E-state index contributed by atoms with van der Waals surface area (Å²) in [4.78, 5) is 12.1. The van der Waals surface area contributed by atoms with Crippen molar-refractivity contribution in [1.82, 2.24) is 15.5 Å². The van der Waals surface area contributed by atoms with Crippen LogP contribution in [0, 0.1) is 12.8 Å². The summed E-state index contributed by atoms with van der Waals surface area (Å²) in [6, 6.07) is 9.94. The summed E-state index contributed by atoms with van der Waals surface area (Å²) in [5, 5.41) is 22.3. The molecule has 2 rings (SSSR count). The minimum Gasteiger partial charge on any atom is -0.504 e. The summed E-state index contributed by atoms with van der Waals surface area (Å²) in [7, 11) is 0. The molecule has 118 valence electrons. The molecule has 1 aromatic heterocycles. The Labute approximate surface area is 129 Å². The zero-order valence-corrected chi connectivity index (χ0v) is 13.1. The smallest absolute Gasteiger partial charge is 0.273 e. The van der Waals surface area contributed by atoms with Gasteiger partial charge >= 0.3 is 0 Å². The number of nitrogens with one attached hydrogen (secondary N) is 3. The number of carbonyl (C=O) groups excluding carboxylic acids is 1. The van der Waals surface area contributed by atoms with Crippen LogP contribution in [0.3, 0.4) is 0 Å². The number of anilines is 1. The summed E-state index contributed by atoms with van der Waals surface area (Å²) in [5.74, 6) is -0.133. The van der Waals surface area contributed by atoms with Gasteiger partial charge in [0, 0.05) is 18.3 Å². The van der Waals surface area contributed by atoms with E-state index in [9.17, 15) is 9.90 Å². The number of amides is 1. The summed E-state index contributed by atoms with van der Waals surface area (Å²) < 4.78 is 0. The van der Waals surface area contributed by atoms with Crippen LogP contribution in [0.4, 0.5) is 5.69 Å². The first-order valence-electron chi connectivity index (χ1n) is 7.32. The second kappa shape index (κ2) is 6.98. The first kappa shape index (κ1) is 15.9.